The van der Waals surface area contributed by atoms with Gasteiger partial charge < -0.3 is 45.1 Å². The maximum Gasteiger partial charge on any atom is 0.481 e. The lowest BCUT2D eigenvalue weighted by atomic mass is 9.88. The molecule has 0 aliphatic carbocycles. The molecule has 0 fully saturated rings. The molecule has 7 N–H and O–H groups in total. The third kappa shape index (κ3) is 21.7. The Morgan fingerprint density at radius 2 is 1.65 bits per heavy atom. The first-order valence-corrected chi connectivity index (χ1v) is 25.9. The first-order chi connectivity index (χ1) is 31.3. The number of cyclic esters (lactones) is 1. The van der Waals surface area contributed by atoms with E-state index in [4.69, 9.17) is 29.0 Å². The van der Waals surface area contributed by atoms with Crippen molar-refractivity contribution in [1.82, 2.24) is 9.55 Å². The van der Waals surface area contributed by atoms with E-state index in [-0.39, 0.29) is 31.5 Å². The number of esters is 2. The number of rotatable bonds is 18. The Morgan fingerprint density at radius 1 is 0.970 bits per heavy atom. The Balaban J connectivity index is 1.90. The Labute approximate surface area is 386 Å². The minimum absolute atomic E-state index is 0.0525. The van der Waals surface area contributed by atoms with Crippen molar-refractivity contribution < 1.29 is 76.2 Å². The summed E-state index contributed by atoms with van der Waals surface area (Å²) in [4.78, 5) is 77.4. The zero-order valence-corrected chi connectivity index (χ0v) is 40.0. The molecule has 0 saturated carbocycles. The molecular weight excluding hydrogens is 904 g/mol. The highest BCUT2D eigenvalue weighted by atomic mass is 31.3. The molecule has 2 aliphatic heterocycles. The lowest BCUT2D eigenvalue weighted by molar-refractivity contribution is -0.167. The number of fused-ring (bicyclic) bond motifs is 3. The fourth-order valence-corrected chi connectivity index (χ4v) is 9.28. The number of allylic oxidation sites excluding steroid dienone is 3. The standard InChI is InChI=1S/C44H71N3O17P2/c1-4-5-12-19-33(48)23-24-35-36(49)25-22-32-18-14-10-11-16-21-40(51)62-34(28-59-39(50)20-15-9-7-6-8-13-17-31(2)3)29-60-65(55,56)64-66(57,58)61-30-37(42(53)41(35)52)63-43(32)47-27-26-38(45)46-44(47)54/h10,14,22-27,31-35,37,41-43,48,52-53H,4-9,11-13,15-21,28-30H2,1-3H3,(H,55,56)(H,57,58)(H2,45,46,54)/t32-,33-,34+,35-,37+,41-,42+,43+/m0/s1. The Morgan fingerprint density at radius 3 is 2.35 bits per heavy atom. The molecule has 1 aromatic rings. The summed E-state index contributed by atoms with van der Waals surface area (Å²) < 4.78 is 58.7. The van der Waals surface area contributed by atoms with E-state index in [9.17, 15) is 53.4 Å². The first-order valence-electron chi connectivity index (χ1n) is 22.9. The minimum Gasteiger partial charge on any atom is -0.462 e. The predicted octanol–water partition coefficient (Wildman–Crippen LogP) is 5.91. The van der Waals surface area contributed by atoms with Gasteiger partial charge >= 0.3 is 33.3 Å². The lowest BCUT2D eigenvalue weighted by Gasteiger charge is -2.36. The van der Waals surface area contributed by atoms with E-state index in [0.29, 0.717) is 31.6 Å². The summed E-state index contributed by atoms with van der Waals surface area (Å²) in [5.41, 5.74) is 4.82. The van der Waals surface area contributed by atoms with Gasteiger partial charge in [-0.3, -0.25) is 28.0 Å². The number of anilines is 1. The van der Waals surface area contributed by atoms with Gasteiger partial charge in [-0.05, 0) is 50.2 Å². The smallest absolute Gasteiger partial charge is 0.462 e. The number of ether oxygens (including phenoxy) is 3. The molecule has 0 spiro atoms. The Kier molecular flexibility index (Phi) is 25.4. The molecule has 20 nitrogen and oxygen atoms in total. The summed E-state index contributed by atoms with van der Waals surface area (Å²) in [5.74, 6) is -4.01. The van der Waals surface area contributed by atoms with Crippen molar-refractivity contribution in [2.75, 3.05) is 25.6 Å². The minimum atomic E-state index is -5.66. The van der Waals surface area contributed by atoms with E-state index < -0.39 is 107 Å². The van der Waals surface area contributed by atoms with Crippen LogP contribution in [-0.4, -0.2) is 103 Å². The average molecular weight is 976 g/mol. The normalized spacial score (nSPS) is 29.4. The van der Waals surface area contributed by atoms with Gasteiger partial charge in [0.1, 0.15) is 30.9 Å². The number of carbonyl (C=O) groups excluding carboxylic acids is 3. The Bertz CT molecular complexity index is 1910. The average Bonchev–Trinajstić information content (AvgIpc) is 3.24. The van der Waals surface area contributed by atoms with Gasteiger partial charge in [-0.15, -0.1) is 0 Å². The number of carbonyl (C=O) groups is 3. The topological polar surface area (TPSA) is 303 Å². The fourth-order valence-electron chi connectivity index (χ4n) is 7.17. The summed E-state index contributed by atoms with van der Waals surface area (Å²) in [6.07, 6.45) is 10.0. The highest BCUT2D eigenvalue weighted by molar-refractivity contribution is 7.61. The van der Waals surface area contributed by atoms with Gasteiger partial charge in [0.2, 0.25) is 0 Å². The van der Waals surface area contributed by atoms with E-state index >= 15 is 0 Å². The van der Waals surface area contributed by atoms with Crippen LogP contribution in [0.15, 0.2) is 53.5 Å². The van der Waals surface area contributed by atoms with Gasteiger partial charge in [-0.2, -0.15) is 9.29 Å². The molecule has 66 heavy (non-hydrogen) atoms. The van der Waals surface area contributed by atoms with Crippen molar-refractivity contribution in [3.05, 3.63) is 59.2 Å². The second-order valence-electron chi connectivity index (χ2n) is 17.0. The fraction of sp³-hybridized carbons (Fsp3) is 0.705. The number of aliphatic hydroxyl groups is 3. The van der Waals surface area contributed by atoms with E-state index in [1.165, 1.54) is 36.9 Å². The SMILES string of the molecule is CCCCC[C@H](O)C=C[C@H]1C(=O)C=C[C@@H]2CC=CCCCC(=O)O[C@H](COC(=O)CCCCCCCCC(C)C)COP(=O)(O)OP(=O)(O)OC[C@@H](O[C@H]2n2ccc(N)nc2=O)[C@@H](O)[C@H]1O. The molecule has 3 rings (SSSR count). The molecule has 2 aliphatic rings. The quantitative estimate of drug-likeness (QED) is 0.0431. The number of phosphoric acid groups is 2. The van der Waals surface area contributed by atoms with Crippen LogP contribution in [0.25, 0.3) is 0 Å². The molecule has 0 radical (unpaired) electrons. The van der Waals surface area contributed by atoms with E-state index in [1.807, 2.05) is 6.92 Å². The molecule has 374 valence electrons. The maximum atomic E-state index is 13.8. The Hall–Kier alpha value is -3.39. The molecule has 0 amide bonds. The monoisotopic (exact) mass is 975 g/mol. The number of nitrogens with zero attached hydrogens (tertiary/aromatic N) is 2. The van der Waals surface area contributed by atoms with Crippen molar-refractivity contribution in [3.8, 4) is 0 Å². The van der Waals surface area contributed by atoms with Crippen LogP contribution in [0.5, 0.6) is 0 Å². The summed E-state index contributed by atoms with van der Waals surface area (Å²) in [6, 6.07) is 1.28. The van der Waals surface area contributed by atoms with Crippen LogP contribution in [0.4, 0.5) is 5.82 Å². The number of hydrogen-bond acceptors (Lipinski definition) is 17. The van der Waals surface area contributed by atoms with E-state index in [2.05, 4.69) is 23.1 Å². The van der Waals surface area contributed by atoms with Gasteiger partial charge in [0.05, 0.1) is 31.3 Å². The molecule has 1 aromatic heterocycles. The third-order valence-electron chi connectivity index (χ3n) is 10.9. The maximum absolute atomic E-state index is 13.8. The van der Waals surface area contributed by atoms with Crippen LogP contribution >= 0.6 is 15.6 Å². The second-order valence-corrected chi connectivity index (χ2v) is 20.1. The van der Waals surface area contributed by atoms with Gasteiger partial charge in [0.15, 0.2) is 11.9 Å². The molecule has 2 bridgehead atoms. The van der Waals surface area contributed by atoms with Crippen molar-refractivity contribution in [2.45, 2.75) is 160 Å². The highest BCUT2D eigenvalue weighted by Gasteiger charge is 2.42. The lowest BCUT2D eigenvalue weighted by Crippen LogP contribution is -2.49. The number of aliphatic hydroxyl groups excluding tert-OH is 3. The number of hydrogen-bond donors (Lipinski definition) is 6. The van der Waals surface area contributed by atoms with E-state index in [0.717, 1.165) is 55.6 Å². The van der Waals surface area contributed by atoms with E-state index in [1.54, 1.807) is 12.2 Å². The van der Waals surface area contributed by atoms with Crippen molar-refractivity contribution in [2.24, 2.45) is 17.8 Å². The van der Waals surface area contributed by atoms with Gasteiger partial charge in [0, 0.05) is 25.0 Å². The van der Waals surface area contributed by atoms with Crippen LogP contribution in [0.2, 0.25) is 0 Å². The van der Waals surface area contributed by atoms with Crippen molar-refractivity contribution in [1.29, 1.82) is 0 Å². The molecule has 2 unspecified atom stereocenters. The number of phosphoric ester groups is 2. The number of aromatic nitrogens is 2. The third-order valence-corrected chi connectivity index (χ3v) is 13.5. The van der Waals surface area contributed by atoms with Gasteiger partial charge in [-0.1, -0.05) is 109 Å². The molecule has 0 saturated heterocycles. The largest absolute Gasteiger partial charge is 0.481 e. The summed E-state index contributed by atoms with van der Waals surface area (Å²) in [5, 5.41) is 33.7. The molecular formula is C44H71N3O17P2. The molecule has 10 atom stereocenters. The summed E-state index contributed by atoms with van der Waals surface area (Å²) >= 11 is 0. The number of unbranched alkanes of at least 4 members (excludes halogenated alkanes) is 7. The number of nitrogens with two attached hydrogens (primary N) is 1. The van der Waals surface area contributed by atoms with Crippen LogP contribution in [0.3, 0.4) is 0 Å². The zero-order valence-electron chi connectivity index (χ0n) is 38.3. The number of nitrogen functional groups attached to an aromatic ring is 1. The van der Waals surface area contributed by atoms with Crippen LogP contribution in [0.1, 0.15) is 130 Å². The molecule has 0 aromatic carbocycles. The van der Waals surface area contributed by atoms with Gasteiger partial charge in [0.25, 0.3) is 0 Å². The predicted molar refractivity (Wildman–Crippen MR) is 242 cm³/mol. The molecule has 22 heteroatoms. The van der Waals surface area contributed by atoms with Crippen molar-refractivity contribution in [3.63, 3.8) is 0 Å². The second kappa shape index (κ2) is 29.5. The molecule has 3 heterocycles. The first kappa shape index (κ1) is 56.9. The van der Waals surface area contributed by atoms with Crippen LogP contribution in [-0.2, 0) is 51.1 Å². The summed E-state index contributed by atoms with van der Waals surface area (Å²) in [7, 11) is -11.2. The highest BCUT2D eigenvalue weighted by Crippen LogP contribution is 2.60. The van der Waals surface area contributed by atoms with Crippen LogP contribution < -0.4 is 11.4 Å². The summed E-state index contributed by atoms with van der Waals surface area (Å²) in [6.45, 7) is 3.71. The van der Waals surface area contributed by atoms with Gasteiger partial charge in [-0.25, -0.2) is 13.9 Å². The number of ketones is 1. The van der Waals surface area contributed by atoms with Crippen LogP contribution in [0, 0.1) is 17.8 Å². The van der Waals surface area contributed by atoms with Crippen molar-refractivity contribution >= 4 is 39.2 Å². The zero-order chi connectivity index (χ0) is 48.7.